The molecule has 1 N–H and O–H groups in total. The lowest BCUT2D eigenvalue weighted by molar-refractivity contribution is 0.334. The minimum atomic E-state index is 0.328. The van der Waals surface area contributed by atoms with Gasteiger partial charge in [0.05, 0.1) is 0 Å². The van der Waals surface area contributed by atoms with Crippen LogP contribution in [0.3, 0.4) is 0 Å². The van der Waals surface area contributed by atoms with E-state index in [0.29, 0.717) is 11.5 Å². The summed E-state index contributed by atoms with van der Waals surface area (Å²) in [5.74, 6) is 0. The van der Waals surface area contributed by atoms with Gasteiger partial charge >= 0.3 is 0 Å². The fourth-order valence-electron chi connectivity index (χ4n) is 3.10. The average molecular weight is 258 g/mol. The van der Waals surface area contributed by atoms with Crippen molar-refractivity contribution in [1.82, 2.24) is 5.32 Å². The van der Waals surface area contributed by atoms with E-state index in [2.05, 4.69) is 55.3 Å². The van der Waals surface area contributed by atoms with Crippen molar-refractivity contribution in [2.24, 2.45) is 5.41 Å². The summed E-state index contributed by atoms with van der Waals surface area (Å²) in [5, 5.41) is 3.68. The van der Waals surface area contributed by atoms with Crippen LogP contribution in [0.25, 0.3) is 0 Å². The highest BCUT2D eigenvalue weighted by Crippen LogP contribution is 2.34. The van der Waals surface area contributed by atoms with Crippen molar-refractivity contribution in [3.63, 3.8) is 0 Å². The summed E-state index contributed by atoms with van der Waals surface area (Å²) >= 11 is 0. The number of nitrogens with zero attached hydrogens (tertiary/aromatic N) is 1. The molecule has 2 heteroatoms. The van der Waals surface area contributed by atoms with Crippen molar-refractivity contribution < 1.29 is 0 Å². The summed E-state index contributed by atoms with van der Waals surface area (Å²) in [6, 6.07) is 10.3. The largest absolute Gasteiger partial charge is 0.368 e. The Balaban J connectivity index is 1.67. The van der Waals surface area contributed by atoms with Crippen LogP contribution in [0.4, 0.5) is 5.69 Å². The van der Waals surface area contributed by atoms with Crippen molar-refractivity contribution in [3.05, 3.63) is 29.8 Å². The van der Waals surface area contributed by atoms with Crippen molar-refractivity contribution >= 4 is 5.69 Å². The molecule has 0 aromatic heterocycles. The lowest BCUT2D eigenvalue weighted by Crippen LogP contribution is -2.43. The number of hydrogen-bond donors (Lipinski definition) is 1. The Morgan fingerprint density at radius 1 is 1.26 bits per heavy atom. The van der Waals surface area contributed by atoms with Crippen molar-refractivity contribution in [3.8, 4) is 0 Å². The third-order valence-corrected chi connectivity index (χ3v) is 4.39. The third-order valence-electron chi connectivity index (χ3n) is 4.39. The predicted molar refractivity (Wildman–Crippen MR) is 81.8 cm³/mol. The highest BCUT2D eigenvalue weighted by Gasteiger charge is 2.32. The predicted octanol–water partition coefficient (Wildman–Crippen LogP) is 3.22. The first kappa shape index (κ1) is 13.0. The van der Waals surface area contributed by atoms with E-state index in [-0.39, 0.29) is 0 Å². The maximum Gasteiger partial charge on any atom is 0.0402 e. The lowest BCUT2D eigenvalue weighted by atomic mass is 9.92. The molecule has 3 rings (SSSR count). The molecule has 2 nitrogen and oxygen atoms in total. The smallest absolute Gasteiger partial charge is 0.0402 e. The summed E-state index contributed by atoms with van der Waals surface area (Å²) in [6.07, 6.45) is 3.94. The topological polar surface area (TPSA) is 15.3 Å². The molecule has 0 spiro atoms. The Bertz CT molecular complexity index is 448. The molecule has 0 bridgehead atoms. The monoisotopic (exact) mass is 258 g/mol. The SMILES string of the molecule is CC1Cc2ccccc2N1CC(C)(C)CNC1CC1. The number of nitrogens with one attached hydrogen (secondary N) is 1. The first-order valence-electron chi connectivity index (χ1n) is 7.63. The minimum Gasteiger partial charge on any atom is -0.368 e. The minimum absolute atomic E-state index is 0.328. The van der Waals surface area contributed by atoms with Crippen LogP contribution in [0.2, 0.25) is 0 Å². The molecule has 1 atom stereocenters. The fraction of sp³-hybridized carbons (Fsp3) is 0.647. The van der Waals surface area contributed by atoms with Gasteiger partial charge in [0.25, 0.3) is 0 Å². The van der Waals surface area contributed by atoms with Gasteiger partial charge < -0.3 is 10.2 Å². The van der Waals surface area contributed by atoms with Crippen LogP contribution < -0.4 is 10.2 Å². The molecule has 1 saturated carbocycles. The van der Waals surface area contributed by atoms with Gasteiger partial charge in [-0.05, 0) is 43.2 Å². The van der Waals surface area contributed by atoms with Crippen molar-refractivity contribution in [1.29, 1.82) is 0 Å². The van der Waals surface area contributed by atoms with Gasteiger partial charge in [0.15, 0.2) is 0 Å². The van der Waals surface area contributed by atoms with Gasteiger partial charge in [-0.25, -0.2) is 0 Å². The zero-order chi connectivity index (χ0) is 13.5. The van der Waals surface area contributed by atoms with Crippen LogP contribution in [-0.2, 0) is 6.42 Å². The molecule has 104 valence electrons. The molecule has 1 aromatic carbocycles. The highest BCUT2D eigenvalue weighted by atomic mass is 15.2. The number of rotatable bonds is 5. The van der Waals surface area contributed by atoms with Crippen molar-refractivity contribution in [2.75, 3.05) is 18.0 Å². The Morgan fingerprint density at radius 3 is 2.74 bits per heavy atom. The fourth-order valence-corrected chi connectivity index (χ4v) is 3.10. The van der Waals surface area contributed by atoms with E-state index in [1.165, 1.54) is 30.5 Å². The summed E-state index contributed by atoms with van der Waals surface area (Å²) in [4.78, 5) is 2.60. The maximum atomic E-state index is 3.68. The molecule has 0 radical (unpaired) electrons. The maximum absolute atomic E-state index is 3.68. The summed E-state index contributed by atoms with van der Waals surface area (Å²) in [6.45, 7) is 9.39. The van der Waals surface area contributed by atoms with Crippen LogP contribution >= 0.6 is 0 Å². The van der Waals surface area contributed by atoms with E-state index < -0.39 is 0 Å². The Labute approximate surface area is 117 Å². The first-order chi connectivity index (χ1) is 9.05. The zero-order valence-corrected chi connectivity index (χ0v) is 12.4. The summed E-state index contributed by atoms with van der Waals surface area (Å²) in [5.41, 5.74) is 3.30. The van der Waals surface area contributed by atoms with E-state index in [1.807, 2.05) is 0 Å². The van der Waals surface area contributed by atoms with Gasteiger partial charge in [-0.2, -0.15) is 0 Å². The second-order valence-corrected chi connectivity index (χ2v) is 7.13. The normalized spacial score (nSPS) is 22.7. The van der Waals surface area contributed by atoms with Gasteiger partial charge in [-0.15, -0.1) is 0 Å². The number of hydrogen-bond acceptors (Lipinski definition) is 2. The molecule has 1 heterocycles. The molecule has 1 aliphatic carbocycles. The first-order valence-corrected chi connectivity index (χ1v) is 7.63. The Morgan fingerprint density at radius 2 is 2.00 bits per heavy atom. The molecule has 0 saturated heterocycles. The number of anilines is 1. The highest BCUT2D eigenvalue weighted by molar-refractivity contribution is 5.59. The van der Waals surface area contributed by atoms with Crippen molar-refractivity contribution in [2.45, 2.75) is 52.1 Å². The quantitative estimate of drug-likeness (QED) is 0.872. The van der Waals surface area contributed by atoms with E-state index in [1.54, 1.807) is 0 Å². The lowest BCUT2D eigenvalue weighted by Gasteiger charge is -2.35. The van der Waals surface area contributed by atoms with E-state index in [9.17, 15) is 0 Å². The second-order valence-electron chi connectivity index (χ2n) is 7.13. The van der Waals surface area contributed by atoms with E-state index in [0.717, 1.165) is 19.1 Å². The van der Waals surface area contributed by atoms with E-state index >= 15 is 0 Å². The Kier molecular flexibility index (Phi) is 3.30. The average Bonchev–Trinajstić information content (AvgIpc) is 3.14. The van der Waals surface area contributed by atoms with Crippen LogP contribution in [0.15, 0.2) is 24.3 Å². The van der Waals surface area contributed by atoms with Gasteiger partial charge in [-0.1, -0.05) is 32.0 Å². The molecule has 19 heavy (non-hydrogen) atoms. The standard InChI is InChI=1S/C17H26N2/c1-13-10-14-6-4-5-7-16(14)19(13)12-17(2,3)11-18-15-8-9-15/h4-7,13,15,18H,8-12H2,1-3H3. The van der Waals surface area contributed by atoms with Crippen LogP contribution in [0.5, 0.6) is 0 Å². The van der Waals surface area contributed by atoms with Crippen LogP contribution in [-0.4, -0.2) is 25.2 Å². The molecule has 1 aliphatic heterocycles. The van der Waals surface area contributed by atoms with Gasteiger partial charge in [0.1, 0.15) is 0 Å². The molecule has 0 amide bonds. The van der Waals surface area contributed by atoms with Gasteiger partial charge in [-0.3, -0.25) is 0 Å². The van der Waals surface area contributed by atoms with Crippen LogP contribution in [0.1, 0.15) is 39.2 Å². The molecule has 1 aromatic rings. The van der Waals surface area contributed by atoms with Gasteiger partial charge in [0.2, 0.25) is 0 Å². The number of para-hydroxylation sites is 1. The Hall–Kier alpha value is -1.02. The molecular weight excluding hydrogens is 232 g/mol. The van der Waals surface area contributed by atoms with E-state index in [4.69, 9.17) is 0 Å². The number of benzene rings is 1. The molecule has 2 aliphatic rings. The zero-order valence-electron chi connectivity index (χ0n) is 12.4. The van der Waals surface area contributed by atoms with Crippen LogP contribution in [0, 0.1) is 5.41 Å². The number of fused-ring (bicyclic) bond motifs is 1. The second kappa shape index (κ2) is 4.82. The van der Waals surface area contributed by atoms with Gasteiger partial charge in [0, 0.05) is 30.9 Å². The third kappa shape index (κ3) is 2.94. The molecule has 1 fully saturated rings. The summed E-state index contributed by atoms with van der Waals surface area (Å²) in [7, 11) is 0. The molecular formula is C17H26N2. The summed E-state index contributed by atoms with van der Waals surface area (Å²) < 4.78 is 0. The molecule has 1 unspecified atom stereocenters.